The van der Waals surface area contributed by atoms with Crippen LogP contribution in [0.1, 0.15) is 13.3 Å². The lowest BCUT2D eigenvalue weighted by Gasteiger charge is -2.16. The molecular weight excluding hydrogens is 463 g/mol. The van der Waals surface area contributed by atoms with Crippen LogP contribution in [0.5, 0.6) is 11.5 Å². The first-order valence-electron chi connectivity index (χ1n) is 9.11. The van der Waals surface area contributed by atoms with Crippen LogP contribution in [-0.4, -0.2) is 38.3 Å². The number of aliphatic imine (C=N–C) groups is 1. The lowest BCUT2D eigenvalue weighted by Crippen LogP contribution is -2.36. The molecule has 0 fully saturated rings. The standard InChI is InChI=1S/C20H20Cl2N4O6/c1-4-17(27)23-16-10-12(32-11-5-7-13(21)14(22)9-11)6-8-15(16)24-18(25-19(28)30-2)26-20(29)31-3/h5-10H,4H2,1-3H3,(H,23,27)(H2,24,25,26,28,29). The van der Waals surface area contributed by atoms with Gasteiger partial charge in [0, 0.05) is 18.6 Å². The molecule has 0 saturated carbocycles. The van der Waals surface area contributed by atoms with Crippen molar-refractivity contribution in [3.8, 4) is 11.5 Å². The van der Waals surface area contributed by atoms with Gasteiger partial charge in [-0.2, -0.15) is 0 Å². The molecular formula is C20H20Cl2N4O6. The first kappa shape index (κ1) is 24.8. The number of nitrogens with zero attached hydrogens (tertiary/aromatic N) is 1. The summed E-state index contributed by atoms with van der Waals surface area (Å²) < 4.78 is 14.8. The summed E-state index contributed by atoms with van der Waals surface area (Å²) in [5.41, 5.74) is 0.589. The molecule has 0 aliphatic carbocycles. The van der Waals surface area contributed by atoms with E-state index < -0.39 is 12.2 Å². The highest BCUT2D eigenvalue weighted by atomic mass is 35.5. The highest BCUT2D eigenvalue weighted by Crippen LogP contribution is 2.33. The smallest absolute Gasteiger partial charge is 0.436 e. The van der Waals surface area contributed by atoms with E-state index in [1.54, 1.807) is 37.3 Å². The van der Waals surface area contributed by atoms with E-state index in [1.165, 1.54) is 6.07 Å². The molecule has 170 valence electrons. The third kappa shape index (κ3) is 7.33. The van der Waals surface area contributed by atoms with Crippen molar-refractivity contribution in [1.29, 1.82) is 0 Å². The monoisotopic (exact) mass is 482 g/mol. The normalized spacial score (nSPS) is 10.7. The number of carbonyl (C=O) groups excluding carboxylic acids is 3. The molecule has 0 bridgehead atoms. The second-order valence-corrected chi connectivity index (χ2v) is 6.77. The second kappa shape index (κ2) is 11.8. The minimum Gasteiger partial charge on any atom is -0.457 e. The SMILES string of the molecule is CCC(=O)Nc1cc(Oc2ccc(Cl)c(Cl)c2)ccc1NC(=NC(=O)OC)NC(=O)OC. The average Bonchev–Trinajstić information content (AvgIpc) is 2.77. The molecule has 0 unspecified atom stereocenters. The Labute approximate surface area is 193 Å². The molecule has 0 atom stereocenters. The van der Waals surface area contributed by atoms with Gasteiger partial charge in [0.05, 0.1) is 35.6 Å². The second-order valence-electron chi connectivity index (χ2n) is 5.96. The number of ether oxygens (including phenoxy) is 3. The predicted octanol–water partition coefficient (Wildman–Crippen LogP) is 5.02. The zero-order valence-electron chi connectivity index (χ0n) is 17.3. The first-order chi connectivity index (χ1) is 15.2. The van der Waals surface area contributed by atoms with Gasteiger partial charge in [0.2, 0.25) is 11.9 Å². The van der Waals surface area contributed by atoms with E-state index in [0.29, 0.717) is 32.9 Å². The van der Waals surface area contributed by atoms with Gasteiger partial charge in [-0.25, -0.2) is 9.59 Å². The molecule has 2 aromatic carbocycles. The number of guanidine groups is 1. The van der Waals surface area contributed by atoms with Gasteiger partial charge in [-0.05, 0) is 24.3 Å². The van der Waals surface area contributed by atoms with E-state index in [-0.39, 0.29) is 18.3 Å². The lowest BCUT2D eigenvalue weighted by atomic mass is 10.2. The van der Waals surface area contributed by atoms with Crippen molar-refractivity contribution in [2.75, 3.05) is 24.9 Å². The molecule has 0 heterocycles. The minimum absolute atomic E-state index is 0.209. The number of carbonyl (C=O) groups is 3. The molecule has 0 saturated heterocycles. The van der Waals surface area contributed by atoms with Crippen molar-refractivity contribution >= 4 is 58.6 Å². The van der Waals surface area contributed by atoms with E-state index in [2.05, 4.69) is 30.4 Å². The number of hydrogen-bond acceptors (Lipinski definition) is 6. The van der Waals surface area contributed by atoms with Gasteiger partial charge in [0.1, 0.15) is 11.5 Å². The van der Waals surface area contributed by atoms with Crippen LogP contribution >= 0.6 is 23.2 Å². The third-order valence-corrected chi connectivity index (χ3v) is 4.49. The van der Waals surface area contributed by atoms with Crippen LogP contribution in [0.25, 0.3) is 0 Å². The van der Waals surface area contributed by atoms with Crippen LogP contribution in [-0.2, 0) is 14.3 Å². The fraction of sp³-hybridized carbons (Fsp3) is 0.200. The van der Waals surface area contributed by atoms with E-state index in [0.717, 1.165) is 14.2 Å². The molecule has 0 aliphatic rings. The Morgan fingerprint density at radius 3 is 2.22 bits per heavy atom. The largest absolute Gasteiger partial charge is 0.457 e. The summed E-state index contributed by atoms with van der Waals surface area (Å²) in [6.45, 7) is 1.68. The fourth-order valence-corrected chi connectivity index (χ4v) is 2.50. The van der Waals surface area contributed by atoms with Crippen molar-refractivity contribution in [2.24, 2.45) is 4.99 Å². The fourth-order valence-electron chi connectivity index (χ4n) is 2.21. The average molecular weight is 483 g/mol. The molecule has 3 N–H and O–H groups in total. The number of rotatable bonds is 5. The number of hydrogen-bond donors (Lipinski definition) is 3. The molecule has 0 spiro atoms. The van der Waals surface area contributed by atoms with E-state index in [4.69, 9.17) is 27.9 Å². The minimum atomic E-state index is -0.970. The molecule has 10 nitrogen and oxygen atoms in total. The molecule has 0 aliphatic heterocycles. The summed E-state index contributed by atoms with van der Waals surface area (Å²) in [5, 5.41) is 8.39. The quantitative estimate of drug-likeness (QED) is 0.402. The maximum Gasteiger partial charge on any atom is 0.436 e. The van der Waals surface area contributed by atoms with Gasteiger partial charge < -0.3 is 24.8 Å². The highest BCUT2D eigenvalue weighted by Gasteiger charge is 2.14. The Hall–Kier alpha value is -3.50. The number of amides is 3. The summed E-state index contributed by atoms with van der Waals surface area (Å²) >= 11 is 11.9. The first-order valence-corrected chi connectivity index (χ1v) is 9.86. The van der Waals surface area contributed by atoms with E-state index >= 15 is 0 Å². The van der Waals surface area contributed by atoms with Crippen LogP contribution in [0, 0.1) is 0 Å². The lowest BCUT2D eigenvalue weighted by molar-refractivity contribution is -0.115. The Morgan fingerprint density at radius 1 is 0.906 bits per heavy atom. The molecule has 2 rings (SSSR count). The van der Waals surface area contributed by atoms with Gasteiger partial charge >= 0.3 is 12.2 Å². The number of methoxy groups -OCH3 is 2. The van der Waals surface area contributed by atoms with Gasteiger partial charge in [0.15, 0.2) is 0 Å². The summed E-state index contributed by atoms with van der Waals surface area (Å²) in [4.78, 5) is 38.7. The van der Waals surface area contributed by atoms with Crippen molar-refractivity contribution in [1.82, 2.24) is 5.32 Å². The molecule has 0 radical (unpaired) electrons. The maximum atomic E-state index is 12.0. The van der Waals surface area contributed by atoms with Crippen LogP contribution < -0.4 is 20.7 Å². The van der Waals surface area contributed by atoms with Crippen molar-refractivity contribution in [2.45, 2.75) is 13.3 Å². The Kier molecular flexibility index (Phi) is 9.11. The maximum absolute atomic E-state index is 12.0. The van der Waals surface area contributed by atoms with E-state index in [9.17, 15) is 14.4 Å². The van der Waals surface area contributed by atoms with Gasteiger partial charge in [-0.1, -0.05) is 30.1 Å². The molecule has 12 heteroatoms. The summed E-state index contributed by atoms with van der Waals surface area (Å²) in [6, 6.07) is 9.42. The summed E-state index contributed by atoms with van der Waals surface area (Å²) in [6.07, 6.45) is -1.64. The predicted molar refractivity (Wildman–Crippen MR) is 121 cm³/mol. The molecule has 2 aromatic rings. The zero-order chi connectivity index (χ0) is 23.7. The van der Waals surface area contributed by atoms with E-state index in [1.807, 2.05) is 0 Å². The number of nitrogens with one attached hydrogen (secondary N) is 3. The Bertz CT molecular complexity index is 1040. The van der Waals surface area contributed by atoms with Crippen molar-refractivity contribution < 1.29 is 28.6 Å². The van der Waals surface area contributed by atoms with Crippen LogP contribution in [0.4, 0.5) is 21.0 Å². The van der Waals surface area contributed by atoms with Gasteiger partial charge in [0.25, 0.3) is 0 Å². The van der Waals surface area contributed by atoms with Crippen molar-refractivity contribution in [3.63, 3.8) is 0 Å². The summed E-state index contributed by atoms with van der Waals surface area (Å²) in [5.74, 6) is 0.224. The number of benzene rings is 2. The van der Waals surface area contributed by atoms with Crippen LogP contribution in [0.15, 0.2) is 41.4 Å². The van der Waals surface area contributed by atoms with Crippen molar-refractivity contribution in [3.05, 3.63) is 46.4 Å². The Morgan fingerprint density at radius 2 is 1.59 bits per heavy atom. The number of anilines is 2. The molecule has 32 heavy (non-hydrogen) atoms. The molecule has 0 aromatic heterocycles. The summed E-state index contributed by atoms with van der Waals surface area (Å²) in [7, 11) is 2.27. The van der Waals surface area contributed by atoms with Gasteiger partial charge in [-0.15, -0.1) is 4.99 Å². The highest BCUT2D eigenvalue weighted by molar-refractivity contribution is 6.42. The zero-order valence-corrected chi connectivity index (χ0v) is 18.8. The molecule has 3 amide bonds. The number of halogens is 2. The van der Waals surface area contributed by atoms with Crippen LogP contribution in [0.2, 0.25) is 10.0 Å². The third-order valence-electron chi connectivity index (χ3n) is 3.75. The van der Waals surface area contributed by atoms with Crippen LogP contribution in [0.3, 0.4) is 0 Å². The number of alkyl carbamates (subject to hydrolysis) is 1. The Balaban J connectivity index is 2.37. The topological polar surface area (TPSA) is 127 Å². The van der Waals surface area contributed by atoms with Gasteiger partial charge in [-0.3, -0.25) is 10.1 Å².